The van der Waals surface area contributed by atoms with Gasteiger partial charge in [0.1, 0.15) is 11.5 Å². The third-order valence-electron chi connectivity index (χ3n) is 3.07. The molecule has 2 aromatic heterocycles. The fraction of sp³-hybridized carbons (Fsp3) is 0.357. The molecular weight excluding hydrogens is 260 g/mol. The standard InChI is InChI=1S/C14H18N2O2S/c1-8-4-13(10(3)18-8)9(2)16-6-12-5-11(7-19-12)14(15)17/h4-5,7,9,16H,6H2,1-3H3,(H2,15,17). The Labute approximate surface area is 116 Å². The summed E-state index contributed by atoms with van der Waals surface area (Å²) >= 11 is 1.54. The fourth-order valence-corrected chi connectivity index (χ4v) is 2.87. The van der Waals surface area contributed by atoms with E-state index in [1.54, 1.807) is 5.38 Å². The first-order chi connectivity index (χ1) is 8.97. The van der Waals surface area contributed by atoms with Crippen molar-refractivity contribution in [2.45, 2.75) is 33.4 Å². The minimum absolute atomic E-state index is 0.205. The van der Waals surface area contributed by atoms with Crippen LogP contribution in [0.5, 0.6) is 0 Å². The second kappa shape index (κ2) is 5.59. The molecule has 4 nitrogen and oxygen atoms in total. The van der Waals surface area contributed by atoms with E-state index in [1.165, 1.54) is 16.9 Å². The highest BCUT2D eigenvalue weighted by molar-refractivity contribution is 7.10. The molecule has 0 fully saturated rings. The number of hydrogen-bond donors (Lipinski definition) is 2. The normalized spacial score (nSPS) is 12.6. The highest BCUT2D eigenvalue weighted by Crippen LogP contribution is 2.22. The molecule has 0 aliphatic heterocycles. The summed E-state index contributed by atoms with van der Waals surface area (Å²) in [5.41, 5.74) is 6.98. The van der Waals surface area contributed by atoms with Gasteiger partial charge in [-0.2, -0.15) is 0 Å². The topological polar surface area (TPSA) is 68.3 Å². The molecule has 102 valence electrons. The molecule has 0 saturated heterocycles. The fourth-order valence-electron chi connectivity index (χ4n) is 2.05. The summed E-state index contributed by atoms with van der Waals surface area (Å²) in [6.07, 6.45) is 0. The van der Waals surface area contributed by atoms with Crippen molar-refractivity contribution in [3.63, 3.8) is 0 Å². The Morgan fingerprint density at radius 1 is 1.47 bits per heavy atom. The van der Waals surface area contributed by atoms with Gasteiger partial charge in [0.05, 0.1) is 5.56 Å². The van der Waals surface area contributed by atoms with Gasteiger partial charge in [-0.05, 0) is 32.9 Å². The molecule has 0 aliphatic rings. The molecular formula is C14H18N2O2S. The predicted molar refractivity (Wildman–Crippen MR) is 76.3 cm³/mol. The number of carbonyl (C=O) groups excluding carboxylic acids is 1. The van der Waals surface area contributed by atoms with Gasteiger partial charge in [-0.1, -0.05) is 0 Å². The molecule has 1 atom stereocenters. The van der Waals surface area contributed by atoms with Crippen molar-refractivity contribution >= 4 is 17.2 Å². The van der Waals surface area contributed by atoms with Crippen LogP contribution in [-0.4, -0.2) is 5.91 Å². The average Bonchev–Trinajstić information content (AvgIpc) is 2.93. The van der Waals surface area contributed by atoms with Crippen LogP contribution in [0.1, 0.15) is 45.3 Å². The molecule has 0 radical (unpaired) electrons. The van der Waals surface area contributed by atoms with Crippen molar-refractivity contribution in [1.29, 1.82) is 0 Å². The van der Waals surface area contributed by atoms with Gasteiger partial charge >= 0.3 is 0 Å². The lowest BCUT2D eigenvalue weighted by Gasteiger charge is -2.12. The van der Waals surface area contributed by atoms with Gasteiger partial charge < -0.3 is 15.5 Å². The highest BCUT2D eigenvalue weighted by atomic mass is 32.1. The molecule has 0 aliphatic carbocycles. The number of furan rings is 1. The third kappa shape index (κ3) is 3.24. The van der Waals surface area contributed by atoms with E-state index >= 15 is 0 Å². The first-order valence-electron chi connectivity index (χ1n) is 6.15. The number of hydrogen-bond acceptors (Lipinski definition) is 4. The predicted octanol–water partition coefficient (Wildman–Crippen LogP) is 2.91. The van der Waals surface area contributed by atoms with Crippen LogP contribution in [0.4, 0.5) is 0 Å². The Morgan fingerprint density at radius 2 is 2.21 bits per heavy atom. The zero-order valence-electron chi connectivity index (χ0n) is 11.3. The van der Waals surface area contributed by atoms with Crippen LogP contribution < -0.4 is 11.1 Å². The first-order valence-corrected chi connectivity index (χ1v) is 7.03. The molecule has 1 unspecified atom stereocenters. The van der Waals surface area contributed by atoms with E-state index in [9.17, 15) is 4.79 Å². The SMILES string of the molecule is Cc1cc(C(C)NCc2cc(C(N)=O)cs2)c(C)o1. The number of nitrogens with two attached hydrogens (primary N) is 1. The minimum Gasteiger partial charge on any atom is -0.466 e. The molecule has 3 N–H and O–H groups in total. The number of aryl methyl sites for hydroxylation is 2. The number of amides is 1. The van der Waals surface area contributed by atoms with Gasteiger partial charge in [0, 0.05) is 28.4 Å². The zero-order valence-corrected chi connectivity index (χ0v) is 12.1. The third-order valence-corrected chi connectivity index (χ3v) is 4.00. The van der Waals surface area contributed by atoms with E-state index in [0.29, 0.717) is 12.1 Å². The largest absolute Gasteiger partial charge is 0.466 e. The van der Waals surface area contributed by atoms with Crippen LogP contribution in [0.2, 0.25) is 0 Å². The number of primary amides is 1. The lowest BCUT2D eigenvalue weighted by molar-refractivity contribution is 0.100. The lowest BCUT2D eigenvalue weighted by Crippen LogP contribution is -2.17. The highest BCUT2D eigenvalue weighted by Gasteiger charge is 2.13. The van der Waals surface area contributed by atoms with Gasteiger partial charge in [0.2, 0.25) is 5.91 Å². The Hall–Kier alpha value is -1.59. The van der Waals surface area contributed by atoms with Crippen molar-refractivity contribution in [2.75, 3.05) is 0 Å². The van der Waals surface area contributed by atoms with Gasteiger partial charge in [0.15, 0.2) is 0 Å². The van der Waals surface area contributed by atoms with E-state index in [1.807, 2.05) is 19.9 Å². The minimum atomic E-state index is -0.378. The van der Waals surface area contributed by atoms with Crippen LogP contribution in [0.15, 0.2) is 21.9 Å². The van der Waals surface area contributed by atoms with Crippen LogP contribution in [0, 0.1) is 13.8 Å². The van der Waals surface area contributed by atoms with E-state index < -0.39 is 0 Å². The van der Waals surface area contributed by atoms with E-state index in [-0.39, 0.29) is 11.9 Å². The van der Waals surface area contributed by atoms with Gasteiger partial charge in [-0.3, -0.25) is 4.79 Å². The molecule has 19 heavy (non-hydrogen) atoms. The molecule has 0 saturated carbocycles. The summed E-state index contributed by atoms with van der Waals surface area (Å²) in [5, 5.41) is 5.21. The molecule has 2 rings (SSSR count). The van der Waals surface area contributed by atoms with E-state index in [4.69, 9.17) is 10.2 Å². The van der Waals surface area contributed by atoms with Crippen molar-refractivity contribution in [2.24, 2.45) is 5.73 Å². The van der Waals surface area contributed by atoms with Crippen LogP contribution in [0.25, 0.3) is 0 Å². The summed E-state index contributed by atoms with van der Waals surface area (Å²) in [6, 6.07) is 4.09. The average molecular weight is 278 g/mol. The number of thiophene rings is 1. The summed E-state index contributed by atoms with van der Waals surface area (Å²) in [4.78, 5) is 12.1. The Morgan fingerprint density at radius 3 is 2.74 bits per heavy atom. The van der Waals surface area contributed by atoms with Crippen LogP contribution in [0.3, 0.4) is 0 Å². The number of rotatable bonds is 5. The smallest absolute Gasteiger partial charge is 0.249 e. The summed E-state index contributed by atoms with van der Waals surface area (Å²) in [7, 11) is 0. The summed E-state index contributed by atoms with van der Waals surface area (Å²) in [5.74, 6) is 1.49. The zero-order chi connectivity index (χ0) is 14.0. The number of carbonyl (C=O) groups is 1. The molecule has 2 aromatic rings. The van der Waals surface area contributed by atoms with Crippen molar-refractivity contribution < 1.29 is 9.21 Å². The first kappa shape index (κ1) is 13.8. The van der Waals surface area contributed by atoms with Gasteiger partial charge in [-0.25, -0.2) is 0 Å². The van der Waals surface area contributed by atoms with E-state index in [2.05, 4.69) is 18.3 Å². The maximum Gasteiger partial charge on any atom is 0.249 e. The Kier molecular flexibility index (Phi) is 4.07. The summed E-state index contributed by atoms with van der Waals surface area (Å²) < 4.78 is 5.52. The number of nitrogens with one attached hydrogen (secondary N) is 1. The van der Waals surface area contributed by atoms with Crippen molar-refractivity contribution in [1.82, 2.24) is 5.32 Å². The van der Waals surface area contributed by atoms with Crippen LogP contribution >= 0.6 is 11.3 Å². The van der Waals surface area contributed by atoms with Crippen molar-refractivity contribution in [3.8, 4) is 0 Å². The monoisotopic (exact) mass is 278 g/mol. The quantitative estimate of drug-likeness (QED) is 0.883. The summed E-state index contributed by atoms with van der Waals surface area (Å²) in [6.45, 7) is 6.72. The molecule has 0 bridgehead atoms. The van der Waals surface area contributed by atoms with Gasteiger partial charge in [0.25, 0.3) is 0 Å². The Balaban J connectivity index is 1.98. The molecule has 1 amide bonds. The molecule has 2 heterocycles. The maximum atomic E-state index is 11.0. The molecule has 5 heteroatoms. The second-order valence-corrected chi connectivity index (χ2v) is 5.63. The second-order valence-electron chi connectivity index (χ2n) is 4.64. The van der Waals surface area contributed by atoms with Crippen LogP contribution in [-0.2, 0) is 6.54 Å². The Bertz CT molecular complexity index is 586. The molecule has 0 aromatic carbocycles. The lowest BCUT2D eigenvalue weighted by atomic mass is 10.1. The van der Waals surface area contributed by atoms with Gasteiger partial charge in [-0.15, -0.1) is 11.3 Å². The maximum absolute atomic E-state index is 11.0. The van der Waals surface area contributed by atoms with Crippen molar-refractivity contribution in [3.05, 3.63) is 45.0 Å². The molecule has 0 spiro atoms. The van der Waals surface area contributed by atoms with E-state index in [0.717, 1.165) is 16.4 Å².